The monoisotopic (exact) mass is 416 g/mol. The number of carbonyl (C=O) groups excluding carboxylic acids is 1. The Balaban J connectivity index is 1.24. The highest BCUT2D eigenvalue weighted by Crippen LogP contribution is 2.37. The first kappa shape index (κ1) is 18.8. The van der Waals surface area contributed by atoms with Gasteiger partial charge >= 0.3 is 0 Å². The fourth-order valence-corrected chi connectivity index (χ4v) is 5.57. The Bertz CT molecular complexity index is 1140. The molecule has 4 atom stereocenters. The number of hydrogen-bond acceptors (Lipinski definition) is 5. The number of nitrogens with one attached hydrogen (secondary N) is 2. The number of fused-ring (bicyclic) bond motifs is 2. The molecule has 1 amide bonds. The molecule has 1 aliphatic carbocycles. The van der Waals surface area contributed by atoms with Crippen molar-refractivity contribution in [3.8, 4) is 0 Å². The minimum atomic E-state index is -0.175. The molecule has 31 heavy (non-hydrogen) atoms. The van der Waals surface area contributed by atoms with E-state index >= 15 is 0 Å². The summed E-state index contributed by atoms with van der Waals surface area (Å²) < 4.78 is 1.77. The van der Waals surface area contributed by atoms with Crippen LogP contribution in [0.4, 0.5) is 5.69 Å². The summed E-state index contributed by atoms with van der Waals surface area (Å²) in [5.41, 5.74) is 4.42. The zero-order chi connectivity index (χ0) is 21.2. The summed E-state index contributed by atoms with van der Waals surface area (Å²) in [5, 5.41) is 11.1. The molecule has 3 aromatic rings. The first-order valence-corrected chi connectivity index (χ1v) is 11.2. The maximum absolute atomic E-state index is 12.7. The van der Waals surface area contributed by atoms with Crippen molar-refractivity contribution in [1.82, 2.24) is 25.2 Å². The summed E-state index contributed by atoms with van der Waals surface area (Å²) in [5.74, 6) is 0.626. The summed E-state index contributed by atoms with van der Waals surface area (Å²) in [6.45, 7) is 7.33. The number of benzene rings is 1. The van der Waals surface area contributed by atoms with Gasteiger partial charge in [-0.15, -0.1) is 5.10 Å². The van der Waals surface area contributed by atoms with Gasteiger partial charge in [0.15, 0.2) is 5.65 Å². The van der Waals surface area contributed by atoms with E-state index in [9.17, 15) is 4.79 Å². The van der Waals surface area contributed by atoms with Gasteiger partial charge in [0.1, 0.15) is 0 Å². The van der Waals surface area contributed by atoms with E-state index in [-0.39, 0.29) is 23.2 Å². The number of rotatable bonds is 4. The van der Waals surface area contributed by atoms with Crippen LogP contribution in [0.3, 0.4) is 0 Å². The molecule has 7 nitrogen and oxygen atoms in total. The van der Waals surface area contributed by atoms with Crippen LogP contribution in [0.15, 0.2) is 42.6 Å². The zero-order valence-corrected chi connectivity index (χ0v) is 18.0. The maximum atomic E-state index is 12.7. The first-order chi connectivity index (χ1) is 15.0. The summed E-state index contributed by atoms with van der Waals surface area (Å²) >= 11 is 0. The van der Waals surface area contributed by atoms with Crippen LogP contribution in [0.25, 0.3) is 5.65 Å². The molecule has 3 aliphatic heterocycles. The quantitative estimate of drug-likeness (QED) is 0.683. The van der Waals surface area contributed by atoms with E-state index in [4.69, 9.17) is 0 Å². The molecule has 7 heteroatoms. The molecule has 2 bridgehead atoms. The van der Waals surface area contributed by atoms with Gasteiger partial charge < -0.3 is 15.5 Å². The summed E-state index contributed by atoms with van der Waals surface area (Å²) in [4.78, 5) is 19.7. The summed E-state index contributed by atoms with van der Waals surface area (Å²) in [6.07, 6.45) is 4.28. The van der Waals surface area contributed by atoms with Gasteiger partial charge in [-0.05, 0) is 42.9 Å². The SMILES string of the molecule is Cc1cc(N2CC[C@](C)(c3ccccc3)C2)cn2nc(C(=O)NC3C4CNC3C4)nc12. The standard InChI is InChI=1S/C24H28N6O/c1-15-10-18(29-9-8-24(2,14-29)17-6-4-3-5-7-17)13-30-22(15)27-21(28-30)23(31)26-20-16-11-19(20)25-12-16/h3-7,10,13,16,19-20,25H,8-9,11-12,14H2,1-2H3,(H,26,31)/t16?,19?,20?,24-/m0/s1. The Hall–Kier alpha value is -2.93. The van der Waals surface area contributed by atoms with Gasteiger partial charge in [0.25, 0.3) is 5.91 Å². The van der Waals surface area contributed by atoms with E-state index in [1.807, 2.05) is 13.1 Å². The molecule has 4 fully saturated rings. The topological polar surface area (TPSA) is 74.6 Å². The molecule has 4 aliphatic rings. The predicted molar refractivity (Wildman–Crippen MR) is 119 cm³/mol. The van der Waals surface area contributed by atoms with Crippen molar-refractivity contribution in [1.29, 1.82) is 0 Å². The molecule has 2 N–H and O–H groups in total. The molecular weight excluding hydrogens is 388 g/mol. The Morgan fingerprint density at radius 2 is 2.13 bits per heavy atom. The number of aromatic nitrogens is 3. The van der Waals surface area contributed by atoms with Crippen LogP contribution in [-0.2, 0) is 5.41 Å². The molecule has 2 aromatic heterocycles. The lowest BCUT2D eigenvalue weighted by Crippen LogP contribution is -2.54. The molecule has 7 rings (SSSR count). The summed E-state index contributed by atoms with van der Waals surface area (Å²) in [6, 6.07) is 13.6. The van der Waals surface area contributed by atoms with Crippen molar-refractivity contribution in [3.63, 3.8) is 0 Å². The van der Waals surface area contributed by atoms with E-state index in [2.05, 4.69) is 68.9 Å². The third kappa shape index (κ3) is 3.02. The van der Waals surface area contributed by atoms with Gasteiger partial charge in [-0.2, -0.15) is 0 Å². The van der Waals surface area contributed by atoms with Crippen molar-refractivity contribution < 1.29 is 4.79 Å². The van der Waals surface area contributed by atoms with Crippen LogP contribution in [0.2, 0.25) is 0 Å². The molecule has 1 aromatic carbocycles. The minimum Gasteiger partial charge on any atom is -0.369 e. The van der Waals surface area contributed by atoms with Crippen LogP contribution in [0.1, 0.15) is 41.5 Å². The Kier molecular flexibility index (Phi) is 4.12. The fraction of sp³-hybridized carbons (Fsp3) is 0.458. The van der Waals surface area contributed by atoms with Gasteiger partial charge in [-0.1, -0.05) is 37.3 Å². The van der Waals surface area contributed by atoms with E-state index in [1.54, 1.807) is 4.52 Å². The molecular formula is C24H28N6O. The average Bonchev–Trinajstić information content (AvgIpc) is 3.55. The second-order valence-corrected chi connectivity index (χ2v) is 9.69. The van der Waals surface area contributed by atoms with E-state index in [0.29, 0.717) is 12.0 Å². The third-order valence-electron chi connectivity index (χ3n) is 7.55. The highest BCUT2D eigenvalue weighted by molar-refractivity contribution is 5.91. The Morgan fingerprint density at radius 3 is 2.87 bits per heavy atom. The van der Waals surface area contributed by atoms with Gasteiger partial charge in [0.05, 0.1) is 11.9 Å². The van der Waals surface area contributed by atoms with Crippen molar-refractivity contribution in [2.24, 2.45) is 5.92 Å². The van der Waals surface area contributed by atoms with E-state index in [0.717, 1.165) is 49.4 Å². The van der Waals surface area contributed by atoms with E-state index < -0.39 is 0 Å². The number of aryl methyl sites for hydroxylation is 1. The summed E-state index contributed by atoms with van der Waals surface area (Å²) in [7, 11) is 0. The minimum absolute atomic E-state index is 0.133. The highest BCUT2D eigenvalue weighted by atomic mass is 16.2. The number of anilines is 1. The molecule has 0 spiro atoms. The second-order valence-electron chi connectivity index (χ2n) is 9.69. The fourth-order valence-electron chi connectivity index (χ4n) is 5.57. The molecule has 160 valence electrons. The van der Waals surface area contributed by atoms with Crippen molar-refractivity contribution in [2.45, 2.75) is 44.2 Å². The maximum Gasteiger partial charge on any atom is 0.291 e. The number of hydrogen-bond donors (Lipinski definition) is 2. The lowest BCUT2D eigenvalue weighted by molar-refractivity contribution is 0.0881. The Labute approximate surface area is 181 Å². The van der Waals surface area contributed by atoms with Crippen LogP contribution in [0, 0.1) is 12.8 Å². The van der Waals surface area contributed by atoms with Crippen molar-refractivity contribution in [3.05, 3.63) is 59.5 Å². The zero-order valence-electron chi connectivity index (χ0n) is 18.0. The van der Waals surface area contributed by atoms with Crippen molar-refractivity contribution in [2.75, 3.05) is 24.5 Å². The first-order valence-electron chi connectivity index (χ1n) is 11.2. The largest absolute Gasteiger partial charge is 0.369 e. The number of carbonyl (C=O) groups is 1. The highest BCUT2D eigenvalue weighted by Gasteiger charge is 2.47. The lowest BCUT2D eigenvalue weighted by Gasteiger charge is -2.34. The van der Waals surface area contributed by atoms with Crippen LogP contribution in [-0.4, -0.2) is 52.2 Å². The smallest absolute Gasteiger partial charge is 0.291 e. The lowest BCUT2D eigenvalue weighted by atomic mass is 9.80. The molecule has 0 radical (unpaired) electrons. The van der Waals surface area contributed by atoms with Crippen LogP contribution >= 0.6 is 0 Å². The molecule has 3 saturated heterocycles. The number of pyridine rings is 1. The van der Waals surface area contributed by atoms with Crippen molar-refractivity contribution >= 4 is 17.2 Å². The normalized spacial score (nSPS) is 29.4. The molecule has 5 heterocycles. The van der Waals surface area contributed by atoms with Crippen LogP contribution < -0.4 is 15.5 Å². The second kappa shape index (κ2) is 6.79. The van der Waals surface area contributed by atoms with E-state index in [1.165, 1.54) is 5.56 Å². The molecule has 1 saturated carbocycles. The predicted octanol–water partition coefficient (Wildman–Crippen LogP) is 2.30. The van der Waals surface area contributed by atoms with Gasteiger partial charge in [0, 0.05) is 37.1 Å². The van der Waals surface area contributed by atoms with Crippen LogP contribution in [0.5, 0.6) is 0 Å². The third-order valence-corrected chi connectivity index (χ3v) is 7.55. The number of amides is 1. The van der Waals surface area contributed by atoms with Gasteiger partial charge in [-0.3, -0.25) is 4.79 Å². The number of nitrogens with zero attached hydrogens (tertiary/aromatic N) is 4. The van der Waals surface area contributed by atoms with Gasteiger partial charge in [0.2, 0.25) is 5.82 Å². The van der Waals surface area contributed by atoms with Gasteiger partial charge in [-0.25, -0.2) is 9.50 Å². The molecule has 3 unspecified atom stereocenters. The average molecular weight is 417 g/mol. The Morgan fingerprint density at radius 1 is 1.29 bits per heavy atom.